The van der Waals surface area contributed by atoms with E-state index in [9.17, 15) is 4.79 Å². The lowest BCUT2D eigenvalue weighted by Gasteiger charge is -2.22. The third kappa shape index (κ3) is 3.83. The summed E-state index contributed by atoms with van der Waals surface area (Å²) in [6.07, 6.45) is 2.81. The van der Waals surface area contributed by atoms with Crippen LogP contribution in [0.4, 0.5) is 0 Å². The fourth-order valence-corrected chi connectivity index (χ4v) is 2.86. The zero-order chi connectivity index (χ0) is 14.5. The summed E-state index contributed by atoms with van der Waals surface area (Å²) in [5.41, 5.74) is 2.05. The van der Waals surface area contributed by atoms with Crippen LogP contribution in [0.3, 0.4) is 0 Å². The molecule has 1 aromatic carbocycles. The van der Waals surface area contributed by atoms with E-state index >= 15 is 0 Å². The standard InChI is InChI=1S/C17H25NO2/c1-13(2)16-7-8-17(20)18(10-9-16)11-14-3-5-15(12-19)6-4-14/h3-6,13,16,19H,7-12H2,1-2H3. The minimum atomic E-state index is 0.0684. The van der Waals surface area contributed by atoms with Crippen LogP contribution >= 0.6 is 0 Å². The number of hydrogen-bond acceptors (Lipinski definition) is 2. The summed E-state index contributed by atoms with van der Waals surface area (Å²) in [6, 6.07) is 7.86. The second-order valence-corrected chi connectivity index (χ2v) is 6.12. The van der Waals surface area contributed by atoms with Gasteiger partial charge in [-0.3, -0.25) is 4.79 Å². The maximum absolute atomic E-state index is 12.2. The predicted molar refractivity (Wildman–Crippen MR) is 80.0 cm³/mol. The molecule has 0 bridgehead atoms. The fourth-order valence-electron chi connectivity index (χ4n) is 2.86. The summed E-state index contributed by atoms with van der Waals surface area (Å²) in [6.45, 7) is 6.12. The number of rotatable bonds is 4. The van der Waals surface area contributed by atoms with Crippen molar-refractivity contribution in [3.05, 3.63) is 35.4 Å². The molecule has 1 aromatic rings. The third-order valence-electron chi connectivity index (χ3n) is 4.37. The van der Waals surface area contributed by atoms with Crippen LogP contribution in [0.2, 0.25) is 0 Å². The van der Waals surface area contributed by atoms with E-state index in [1.54, 1.807) is 0 Å². The van der Waals surface area contributed by atoms with Crippen molar-refractivity contribution in [2.45, 2.75) is 46.3 Å². The molecule has 1 N–H and O–H groups in total. The van der Waals surface area contributed by atoms with Gasteiger partial charge in [0.2, 0.25) is 5.91 Å². The lowest BCUT2D eigenvalue weighted by Crippen LogP contribution is -2.29. The summed E-state index contributed by atoms with van der Waals surface area (Å²) >= 11 is 0. The van der Waals surface area contributed by atoms with Gasteiger partial charge in [0.05, 0.1) is 6.61 Å². The van der Waals surface area contributed by atoms with Crippen molar-refractivity contribution in [2.24, 2.45) is 11.8 Å². The molecule has 0 aliphatic carbocycles. The van der Waals surface area contributed by atoms with Crippen LogP contribution in [0.5, 0.6) is 0 Å². The van der Waals surface area contributed by atoms with E-state index < -0.39 is 0 Å². The monoisotopic (exact) mass is 275 g/mol. The Bertz CT molecular complexity index is 439. The molecule has 3 nitrogen and oxygen atoms in total. The molecule has 1 amide bonds. The van der Waals surface area contributed by atoms with Gasteiger partial charge in [-0.05, 0) is 35.8 Å². The van der Waals surface area contributed by atoms with Gasteiger partial charge in [0, 0.05) is 19.5 Å². The molecule has 1 aliphatic rings. The van der Waals surface area contributed by atoms with Gasteiger partial charge in [-0.25, -0.2) is 0 Å². The number of likely N-dealkylation sites (tertiary alicyclic amines) is 1. The van der Waals surface area contributed by atoms with Crippen LogP contribution in [-0.2, 0) is 17.9 Å². The minimum absolute atomic E-state index is 0.0684. The van der Waals surface area contributed by atoms with Crippen molar-refractivity contribution in [1.82, 2.24) is 4.90 Å². The van der Waals surface area contributed by atoms with Gasteiger partial charge in [-0.1, -0.05) is 38.1 Å². The Morgan fingerprint density at radius 3 is 2.45 bits per heavy atom. The zero-order valence-electron chi connectivity index (χ0n) is 12.5. The molecule has 110 valence electrons. The number of nitrogens with zero attached hydrogens (tertiary/aromatic N) is 1. The first-order chi connectivity index (χ1) is 9.60. The maximum atomic E-state index is 12.2. The Balaban J connectivity index is 1.98. The van der Waals surface area contributed by atoms with Crippen LogP contribution in [0.15, 0.2) is 24.3 Å². The lowest BCUT2D eigenvalue weighted by atomic mass is 9.89. The quantitative estimate of drug-likeness (QED) is 0.917. The van der Waals surface area contributed by atoms with Gasteiger partial charge in [0.1, 0.15) is 0 Å². The first-order valence-corrected chi connectivity index (χ1v) is 7.56. The van der Waals surface area contributed by atoms with Gasteiger partial charge in [-0.2, -0.15) is 0 Å². The largest absolute Gasteiger partial charge is 0.392 e. The number of hydrogen-bond donors (Lipinski definition) is 1. The van der Waals surface area contributed by atoms with Gasteiger partial charge < -0.3 is 10.0 Å². The second-order valence-electron chi connectivity index (χ2n) is 6.12. The van der Waals surface area contributed by atoms with Crippen LogP contribution in [0, 0.1) is 11.8 Å². The summed E-state index contributed by atoms with van der Waals surface area (Å²) in [5.74, 6) is 1.60. The van der Waals surface area contributed by atoms with Crippen LogP contribution in [0.25, 0.3) is 0 Å². The molecule has 1 unspecified atom stereocenters. The maximum Gasteiger partial charge on any atom is 0.222 e. The molecule has 1 atom stereocenters. The molecular weight excluding hydrogens is 250 g/mol. The molecule has 1 aliphatic heterocycles. The first kappa shape index (κ1) is 15.0. The van der Waals surface area contributed by atoms with Gasteiger partial charge in [-0.15, -0.1) is 0 Å². The van der Waals surface area contributed by atoms with Gasteiger partial charge >= 0.3 is 0 Å². The molecule has 20 heavy (non-hydrogen) atoms. The minimum Gasteiger partial charge on any atom is -0.392 e. The number of carbonyl (C=O) groups is 1. The smallest absolute Gasteiger partial charge is 0.222 e. The fraction of sp³-hybridized carbons (Fsp3) is 0.588. The third-order valence-corrected chi connectivity index (χ3v) is 4.37. The van der Waals surface area contributed by atoms with Gasteiger partial charge in [0.25, 0.3) is 0 Å². The molecule has 0 radical (unpaired) electrons. The Kier molecular flexibility index (Phi) is 5.18. The number of carbonyl (C=O) groups excluding carboxylic acids is 1. The number of benzene rings is 1. The van der Waals surface area contributed by atoms with E-state index in [-0.39, 0.29) is 12.5 Å². The average molecular weight is 275 g/mol. The number of aliphatic hydroxyl groups is 1. The Hall–Kier alpha value is -1.35. The zero-order valence-corrected chi connectivity index (χ0v) is 12.5. The molecule has 0 aromatic heterocycles. The summed E-state index contributed by atoms with van der Waals surface area (Å²) in [7, 11) is 0. The molecule has 1 saturated heterocycles. The van der Waals surface area contributed by atoms with Crippen molar-refractivity contribution in [2.75, 3.05) is 6.54 Å². The summed E-state index contributed by atoms with van der Waals surface area (Å²) < 4.78 is 0. The second kappa shape index (κ2) is 6.89. The van der Waals surface area contributed by atoms with Crippen molar-refractivity contribution in [1.29, 1.82) is 0 Å². The Labute approximate surface area is 121 Å². The van der Waals surface area contributed by atoms with Crippen molar-refractivity contribution < 1.29 is 9.90 Å². The Morgan fingerprint density at radius 2 is 1.85 bits per heavy atom. The predicted octanol–water partition coefficient (Wildman–Crippen LogP) is 2.96. The van der Waals surface area contributed by atoms with E-state index in [0.29, 0.717) is 24.8 Å². The van der Waals surface area contributed by atoms with E-state index in [0.717, 1.165) is 30.5 Å². The van der Waals surface area contributed by atoms with Crippen LogP contribution < -0.4 is 0 Å². The van der Waals surface area contributed by atoms with E-state index in [4.69, 9.17) is 5.11 Å². The van der Waals surface area contributed by atoms with Crippen molar-refractivity contribution in [3.63, 3.8) is 0 Å². The highest BCUT2D eigenvalue weighted by Gasteiger charge is 2.24. The molecule has 2 rings (SSSR count). The van der Waals surface area contributed by atoms with Crippen LogP contribution in [-0.4, -0.2) is 22.5 Å². The molecule has 0 spiro atoms. The van der Waals surface area contributed by atoms with Crippen LogP contribution in [0.1, 0.15) is 44.2 Å². The highest BCUT2D eigenvalue weighted by atomic mass is 16.3. The number of amides is 1. The highest BCUT2D eigenvalue weighted by Crippen LogP contribution is 2.25. The molecular formula is C17H25NO2. The van der Waals surface area contributed by atoms with E-state index in [1.165, 1.54) is 0 Å². The number of aliphatic hydroxyl groups excluding tert-OH is 1. The molecule has 1 fully saturated rings. The molecule has 1 heterocycles. The van der Waals surface area contributed by atoms with Gasteiger partial charge in [0.15, 0.2) is 0 Å². The Morgan fingerprint density at radius 1 is 1.20 bits per heavy atom. The molecule has 0 saturated carbocycles. The summed E-state index contributed by atoms with van der Waals surface area (Å²) in [4.78, 5) is 14.2. The van der Waals surface area contributed by atoms with Crippen molar-refractivity contribution in [3.8, 4) is 0 Å². The normalized spacial score (nSPS) is 20.3. The first-order valence-electron chi connectivity index (χ1n) is 7.56. The molecule has 3 heteroatoms. The summed E-state index contributed by atoms with van der Waals surface area (Å²) in [5, 5.41) is 9.05. The van der Waals surface area contributed by atoms with E-state index in [1.807, 2.05) is 29.2 Å². The topological polar surface area (TPSA) is 40.5 Å². The van der Waals surface area contributed by atoms with Crippen molar-refractivity contribution >= 4 is 5.91 Å². The van der Waals surface area contributed by atoms with E-state index in [2.05, 4.69) is 13.8 Å². The highest BCUT2D eigenvalue weighted by molar-refractivity contribution is 5.76. The average Bonchev–Trinajstić information content (AvgIpc) is 2.63. The lowest BCUT2D eigenvalue weighted by molar-refractivity contribution is -0.131. The SMILES string of the molecule is CC(C)C1CCC(=O)N(Cc2ccc(CO)cc2)CC1.